The van der Waals surface area contributed by atoms with Crippen LogP contribution < -0.4 is 0 Å². The van der Waals surface area contributed by atoms with Crippen molar-refractivity contribution < 1.29 is 19.2 Å². The van der Waals surface area contributed by atoms with Gasteiger partial charge in [0.25, 0.3) is 0 Å². The molecule has 0 aromatic heterocycles. The number of carbonyl (C=O) groups is 4. The lowest BCUT2D eigenvalue weighted by atomic mass is 9.89. The van der Waals surface area contributed by atoms with E-state index in [0.29, 0.717) is 5.92 Å². The molecule has 0 aliphatic heterocycles. The van der Waals surface area contributed by atoms with E-state index in [1.54, 1.807) is 0 Å². The number of carbonyl (C=O) groups excluding carboxylic acids is 4. The summed E-state index contributed by atoms with van der Waals surface area (Å²) < 4.78 is 0. The third-order valence-electron chi connectivity index (χ3n) is 5.88. The van der Waals surface area contributed by atoms with E-state index in [9.17, 15) is 19.2 Å². The average Bonchev–Trinajstić information content (AvgIpc) is 2.87. The van der Waals surface area contributed by atoms with Crippen LogP contribution in [0, 0.1) is 23.2 Å². The molecule has 0 spiro atoms. The van der Waals surface area contributed by atoms with Gasteiger partial charge in [0.1, 0.15) is 25.1 Å². The van der Waals surface area contributed by atoms with E-state index < -0.39 is 0 Å². The summed E-state index contributed by atoms with van der Waals surface area (Å²) in [6.45, 7) is 18.6. The number of aldehydes is 4. The Morgan fingerprint density at radius 2 is 1.00 bits per heavy atom. The van der Waals surface area contributed by atoms with Gasteiger partial charge in [-0.1, -0.05) is 120 Å². The highest BCUT2D eigenvalue weighted by atomic mass is 16.1. The van der Waals surface area contributed by atoms with Crippen LogP contribution >= 0.6 is 0 Å². The van der Waals surface area contributed by atoms with E-state index in [1.165, 1.54) is 51.4 Å². The molecule has 0 radical (unpaired) electrons. The second kappa shape index (κ2) is 32.7. The zero-order valence-electron chi connectivity index (χ0n) is 25.1. The van der Waals surface area contributed by atoms with Crippen LogP contribution in [0.3, 0.4) is 0 Å². The Balaban J connectivity index is -0.000000183. The first-order valence-electron chi connectivity index (χ1n) is 14.4. The third kappa shape index (κ3) is 40.1. The lowest BCUT2D eigenvalue weighted by Gasteiger charge is -2.14. The molecular weight excluding hydrogens is 436 g/mol. The molecule has 0 saturated heterocycles. The van der Waals surface area contributed by atoms with Gasteiger partial charge in [-0.05, 0) is 32.1 Å². The molecule has 0 bridgehead atoms. The van der Waals surface area contributed by atoms with E-state index in [1.807, 2.05) is 27.7 Å². The maximum Gasteiger partial charge on any atom is 0.125 e. The molecule has 0 saturated carbocycles. The average molecular weight is 499 g/mol. The zero-order chi connectivity index (χ0) is 28.0. The van der Waals surface area contributed by atoms with Crippen LogP contribution in [0.4, 0.5) is 0 Å². The van der Waals surface area contributed by atoms with Gasteiger partial charge < -0.3 is 19.2 Å². The summed E-state index contributed by atoms with van der Waals surface area (Å²) in [5.41, 5.74) is -0.0873. The highest BCUT2D eigenvalue weighted by molar-refractivity contribution is 5.57. The van der Waals surface area contributed by atoms with Gasteiger partial charge in [0.15, 0.2) is 0 Å². The monoisotopic (exact) mass is 498 g/mol. The van der Waals surface area contributed by atoms with Crippen LogP contribution in [0.25, 0.3) is 0 Å². The molecule has 0 aromatic carbocycles. The molecule has 35 heavy (non-hydrogen) atoms. The molecule has 0 aliphatic carbocycles. The van der Waals surface area contributed by atoms with Gasteiger partial charge in [-0.25, -0.2) is 0 Å². The van der Waals surface area contributed by atoms with E-state index in [-0.39, 0.29) is 17.3 Å². The van der Waals surface area contributed by atoms with Crippen molar-refractivity contribution in [3.05, 3.63) is 0 Å². The van der Waals surface area contributed by atoms with Gasteiger partial charge >= 0.3 is 0 Å². The van der Waals surface area contributed by atoms with Gasteiger partial charge in [0.05, 0.1) is 0 Å². The minimum absolute atomic E-state index is 0.0873. The Labute approximate surface area is 219 Å². The van der Waals surface area contributed by atoms with Crippen LogP contribution in [0.1, 0.15) is 152 Å². The van der Waals surface area contributed by atoms with Crippen molar-refractivity contribution in [1.29, 1.82) is 0 Å². The third-order valence-corrected chi connectivity index (χ3v) is 5.88. The zero-order valence-corrected chi connectivity index (χ0v) is 25.1. The standard InChI is InChI=1S/3C8H16O.C7H14O/c1-4-5-6-8(2,3)7-9;1-3-4-5-6-8(2)7-9;1-3-5-6-8(4-2)7-9;1-3-4-5-7(2)6-8/h7H,4-6H2,1-3H3;2*7-8H,3-6H2,1-2H3;6-7H,3-5H2,1-2H3. The van der Waals surface area contributed by atoms with Crippen molar-refractivity contribution in [3.8, 4) is 0 Å². The molecule has 0 heterocycles. The molecular formula is C31H62O4. The first kappa shape index (κ1) is 40.8. The number of hydrogen-bond acceptors (Lipinski definition) is 4. The predicted octanol–water partition coefficient (Wildman–Crippen LogP) is 9.22. The smallest absolute Gasteiger partial charge is 0.125 e. The Morgan fingerprint density at radius 3 is 1.34 bits per heavy atom. The van der Waals surface area contributed by atoms with E-state index in [0.717, 1.165) is 63.7 Å². The minimum atomic E-state index is -0.0873. The number of rotatable bonds is 18. The molecule has 0 fully saturated rings. The fraction of sp³-hybridized carbons (Fsp3) is 0.871. The molecule has 0 amide bonds. The van der Waals surface area contributed by atoms with Crippen molar-refractivity contribution >= 4 is 25.1 Å². The summed E-state index contributed by atoms with van der Waals surface area (Å²) in [4.78, 5) is 40.7. The maximum absolute atomic E-state index is 10.3. The summed E-state index contributed by atoms with van der Waals surface area (Å²) in [5, 5.41) is 0. The maximum atomic E-state index is 10.3. The quantitative estimate of drug-likeness (QED) is 0.139. The molecule has 210 valence electrons. The van der Waals surface area contributed by atoms with Gasteiger partial charge in [0.2, 0.25) is 0 Å². The van der Waals surface area contributed by atoms with Gasteiger partial charge in [-0.15, -0.1) is 0 Å². The first-order chi connectivity index (χ1) is 16.6. The van der Waals surface area contributed by atoms with Crippen molar-refractivity contribution in [1.82, 2.24) is 0 Å². The Kier molecular flexibility index (Phi) is 38.1. The highest BCUT2D eigenvalue weighted by Gasteiger charge is 2.14. The molecule has 0 rings (SSSR count). The molecule has 4 nitrogen and oxygen atoms in total. The molecule has 0 N–H and O–H groups in total. The lowest BCUT2D eigenvalue weighted by Crippen LogP contribution is -2.11. The van der Waals surface area contributed by atoms with Gasteiger partial charge in [-0.2, -0.15) is 0 Å². The molecule has 4 heteroatoms. The number of unbranched alkanes of at least 4 members (excludes halogenated alkanes) is 5. The normalized spacial score (nSPS) is 12.7. The van der Waals surface area contributed by atoms with Crippen molar-refractivity contribution in [2.24, 2.45) is 23.2 Å². The fourth-order valence-electron chi connectivity index (χ4n) is 2.90. The van der Waals surface area contributed by atoms with Crippen LogP contribution in [-0.4, -0.2) is 25.1 Å². The molecule has 0 aromatic rings. The highest BCUT2D eigenvalue weighted by Crippen LogP contribution is 2.19. The fourth-order valence-corrected chi connectivity index (χ4v) is 2.90. The predicted molar refractivity (Wildman–Crippen MR) is 153 cm³/mol. The summed E-state index contributed by atoms with van der Waals surface area (Å²) in [7, 11) is 0. The summed E-state index contributed by atoms with van der Waals surface area (Å²) in [6.07, 6.45) is 20.2. The van der Waals surface area contributed by atoms with E-state index in [4.69, 9.17) is 0 Å². The van der Waals surface area contributed by atoms with Gasteiger partial charge in [-0.3, -0.25) is 0 Å². The Morgan fingerprint density at radius 1 is 0.571 bits per heavy atom. The van der Waals surface area contributed by atoms with Crippen LogP contribution in [0.2, 0.25) is 0 Å². The summed E-state index contributed by atoms with van der Waals surface area (Å²) in [5.74, 6) is 0.872. The van der Waals surface area contributed by atoms with Crippen LogP contribution in [-0.2, 0) is 19.2 Å². The minimum Gasteiger partial charge on any atom is -0.303 e. The molecule has 3 unspecified atom stereocenters. The largest absolute Gasteiger partial charge is 0.303 e. The van der Waals surface area contributed by atoms with Crippen LogP contribution in [0.15, 0.2) is 0 Å². The molecule has 3 atom stereocenters. The summed E-state index contributed by atoms with van der Waals surface area (Å²) in [6, 6.07) is 0. The SMILES string of the molecule is CCCCC(C)(C)C=O.CCCCC(C)C=O.CCCCC(C=O)CC.CCCCCC(C)C=O. The second-order valence-electron chi connectivity index (χ2n) is 10.5. The number of hydrogen-bond donors (Lipinski definition) is 0. The Bertz CT molecular complexity index is 445. The Hall–Kier alpha value is -1.32. The van der Waals surface area contributed by atoms with Crippen molar-refractivity contribution in [2.75, 3.05) is 0 Å². The lowest BCUT2D eigenvalue weighted by molar-refractivity contribution is -0.115. The first-order valence-corrected chi connectivity index (χ1v) is 14.4. The van der Waals surface area contributed by atoms with Crippen molar-refractivity contribution in [2.45, 2.75) is 152 Å². The molecule has 0 aliphatic rings. The van der Waals surface area contributed by atoms with E-state index >= 15 is 0 Å². The van der Waals surface area contributed by atoms with Crippen molar-refractivity contribution in [3.63, 3.8) is 0 Å². The van der Waals surface area contributed by atoms with Gasteiger partial charge in [0, 0.05) is 23.2 Å². The second-order valence-corrected chi connectivity index (χ2v) is 10.5. The van der Waals surface area contributed by atoms with Crippen LogP contribution in [0.5, 0.6) is 0 Å². The summed E-state index contributed by atoms with van der Waals surface area (Å²) >= 11 is 0. The van der Waals surface area contributed by atoms with E-state index in [2.05, 4.69) is 34.6 Å². The topological polar surface area (TPSA) is 68.3 Å².